The number of hydrogen-bond acceptors (Lipinski definition) is 8. The Morgan fingerprint density at radius 3 is 2.41 bits per heavy atom. The van der Waals surface area contributed by atoms with Gasteiger partial charge >= 0.3 is 11.4 Å². The number of aromatic nitrogens is 2. The van der Waals surface area contributed by atoms with Crippen molar-refractivity contribution in [3.05, 3.63) is 60.8 Å². The van der Waals surface area contributed by atoms with Gasteiger partial charge < -0.3 is 9.64 Å². The fourth-order valence-electron chi connectivity index (χ4n) is 3.70. The van der Waals surface area contributed by atoms with Gasteiger partial charge in [-0.15, -0.1) is 0 Å². The molecule has 0 bridgehead atoms. The number of carbonyl (C=O) groups excluding carboxylic acids is 1. The van der Waals surface area contributed by atoms with Gasteiger partial charge in [-0.25, -0.2) is 4.79 Å². The van der Waals surface area contributed by atoms with E-state index in [1.165, 1.54) is 42.8 Å². The van der Waals surface area contributed by atoms with Gasteiger partial charge in [-0.2, -0.15) is 0 Å². The molecule has 1 aromatic carbocycles. The second kappa shape index (κ2) is 9.77. The Balaban J connectivity index is 1.51. The topological polar surface area (TPSA) is 120 Å². The number of nitro groups is 1. The zero-order valence-corrected chi connectivity index (χ0v) is 18.4. The van der Waals surface area contributed by atoms with Gasteiger partial charge in [0.05, 0.1) is 11.5 Å². The number of benzene rings is 1. The van der Waals surface area contributed by atoms with Crippen molar-refractivity contribution in [2.45, 2.75) is 13.3 Å². The van der Waals surface area contributed by atoms with Crippen LogP contribution in [0.1, 0.15) is 23.7 Å². The summed E-state index contributed by atoms with van der Waals surface area (Å²) in [6.45, 7) is 5.30. The van der Waals surface area contributed by atoms with Gasteiger partial charge in [-0.05, 0) is 25.5 Å². The molecule has 11 heteroatoms. The number of piperazine rings is 1. The Kier molecular flexibility index (Phi) is 7.08. The SMILES string of the molecule is CC(=O)c1ccc(OCCCN2CCN(c3cc(=O)n(C)c(=O)n3C)CC2)c([N+](=O)[O-])c1. The lowest BCUT2D eigenvalue weighted by Gasteiger charge is -2.36. The van der Waals surface area contributed by atoms with Crippen LogP contribution in [0, 0.1) is 10.1 Å². The first-order chi connectivity index (χ1) is 15.2. The minimum absolute atomic E-state index is 0.149. The first-order valence-electron chi connectivity index (χ1n) is 10.4. The van der Waals surface area contributed by atoms with Crippen LogP contribution in [0.15, 0.2) is 33.9 Å². The first-order valence-corrected chi connectivity index (χ1v) is 10.4. The van der Waals surface area contributed by atoms with Crippen LogP contribution in [-0.2, 0) is 14.1 Å². The van der Waals surface area contributed by atoms with E-state index in [9.17, 15) is 24.5 Å². The zero-order chi connectivity index (χ0) is 23.4. The summed E-state index contributed by atoms with van der Waals surface area (Å²) in [5.74, 6) is 0.522. The molecular weight excluding hydrogens is 418 g/mol. The highest BCUT2D eigenvalue weighted by atomic mass is 16.6. The summed E-state index contributed by atoms with van der Waals surface area (Å²) in [5, 5.41) is 11.3. The Morgan fingerprint density at radius 1 is 1.09 bits per heavy atom. The van der Waals surface area contributed by atoms with Crippen LogP contribution in [0.3, 0.4) is 0 Å². The van der Waals surface area contributed by atoms with Crippen LogP contribution in [0.5, 0.6) is 5.75 Å². The van der Waals surface area contributed by atoms with Gasteiger partial charge in [0.15, 0.2) is 11.5 Å². The summed E-state index contributed by atoms with van der Waals surface area (Å²) in [7, 11) is 3.11. The molecule has 0 amide bonds. The predicted octanol–water partition coefficient (Wildman–Crippen LogP) is 0.786. The van der Waals surface area contributed by atoms with Crippen molar-refractivity contribution >= 4 is 17.3 Å². The molecule has 0 atom stereocenters. The number of nitro benzene ring substituents is 1. The van der Waals surface area contributed by atoms with E-state index in [1.807, 2.05) is 4.90 Å². The van der Waals surface area contributed by atoms with E-state index in [1.54, 1.807) is 7.05 Å². The monoisotopic (exact) mass is 445 g/mol. The molecule has 1 aliphatic heterocycles. The zero-order valence-electron chi connectivity index (χ0n) is 18.4. The van der Waals surface area contributed by atoms with Crippen LogP contribution in [0.4, 0.5) is 11.5 Å². The summed E-state index contributed by atoms with van der Waals surface area (Å²) in [5.41, 5.74) is -0.618. The summed E-state index contributed by atoms with van der Waals surface area (Å²) < 4.78 is 8.17. The molecule has 2 aromatic rings. The maximum Gasteiger partial charge on any atom is 0.332 e. The van der Waals surface area contributed by atoms with Gasteiger partial charge in [0.1, 0.15) is 5.82 Å². The molecule has 0 N–H and O–H groups in total. The molecule has 0 radical (unpaired) electrons. The van der Waals surface area contributed by atoms with E-state index in [0.29, 0.717) is 31.9 Å². The molecule has 0 spiro atoms. The molecule has 11 nitrogen and oxygen atoms in total. The summed E-state index contributed by atoms with van der Waals surface area (Å²) in [4.78, 5) is 50.5. The number of carbonyl (C=O) groups is 1. The van der Waals surface area contributed by atoms with Crippen LogP contribution in [0.25, 0.3) is 0 Å². The minimum atomic E-state index is -0.550. The van der Waals surface area contributed by atoms with Crippen LogP contribution in [-0.4, -0.2) is 64.1 Å². The van der Waals surface area contributed by atoms with E-state index in [-0.39, 0.29) is 34.0 Å². The van der Waals surface area contributed by atoms with Crippen molar-refractivity contribution in [3.63, 3.8) is 0 Å². The smallest absolute Gasteiger partial charge is 0.332 e. The molecule has 0 unspecified atom stereocenters. The summed E-state index contributed by atoms with van der Waals surface area (Å²) in [6, 6.07) is 5.70. The first kappa shape index (κ1) is 23.2. The lowest BCUT2D eigenvalue weighted by atomic mass is 10.1. The highest BCUT2D eigenvalue weighted by Gasteiger charge is 2.21. The maximum absolute atomic E-state index is 12.1. The molecule has 172 valence electrons. The van der Waals surface area contributed by atoms with Gasteiger partial charge in [-0.1, -0.05) is 0 Å². The standard InChI is InChI=1S/C21H27N5O6/c1-15(27)16-5-6-18(17(13-16)26(30)31)32-12-4-7-24-8-10-25(11-9-24)19-14-20(28)23(3)21(29)22(19)2/h5-6,13-14H,4,7-12H2,1-3H3. The van der Waals surface area contributed by atoms with E-state index in [4.69, 9.17) is 4.74 Å². The summed E-state index contributed by atoms with van der Waals surface area (Å²) >= 11 is 0. The van der Waals surface area contributed by atoms with Crippen LogP contribution < -0.4 is 20.9 Å². The van der Waals surface area contributed by atoms with Crippen LogP contribution in [0.2, 0.25) is 0 Å². The fourth-order valence-corrected chi connectivity index (χ4v) is 3.70. The van der Waals surface area contributed by atoms with Crippen molar-refractivity contribution < 1.29 is 14.5 Å². The van der Waals surface area contributed by atoms with Crippen molar-refractivity contribution in [1.82, 2.24) is 14.0 Å². The molecule has 1 aliphatic rings. The summed E-state index contributed by atoms with van der Waals surface area (Å²) in [6.07, 6.45) is 0.677. The largest absolute Gasteiger partial charge is 0.487 e. The number of rotatable bonds is 8. The number of Topliss-reactive ketones (excluding diaryl/α,β-unsaturated/α-hetero) is 1. The molecule has 1 aromatic heterocycles. The quantitative estimate of drug-likeness (QED) is 0.253. The average Bonchev–Trinajstić information content (AvgIpc) is 2.78. The van der Waals surface area contributed by atoms with Gasteiger partial charge in [0.2, 0.25) is 0 Å². The van der Waals surface area contributed by atoms with E-state index in [0.717, 1.165) is 24.2 Å². The van der Waals surface area contributed by atoms with Crippen LogP contribution >= 0.6 is 0 Å². The minimum Gasteiger partial charge on any atom is -0.487 e. The predicted molar refractivity (Wildman–Crippen MR) is 119 cm³/mol. The molecule has 2 heterocycles. The maximum atomic E-state index is 12.1. The average molecular weight is 445 g/mol. The number of nitrogens with zero attached hydrogens (tertiary/aromatic N) is 5. The Hall–Kier alpha value is -3.47. The molecule has 3 rings (SSSR count). The van der Waals surface area contributed by atoms with Gasteiger partial charge in [0, 0.05) is 64.5 Å². The van der Waals surface area contributed by atoms with Gasteiger partial charge in [0.25, 0.3) is 5.56 Å². The number of ketones is 1. The second-order valence-electron chi connectivity index (χ2n) is 7.77. The molecule has 32 heavy (non-hydrogen) atoms. The van der Waals surface area contributed by atoms with Crippen molar-refractivity contribution in [2.24, 2.45) is 14.1 Å². The third-order valence-corrected chi connectivity index (χ3v) is 5.64. The van der Waals surface area contributed by atoms with E-state index in [2.05, 4.69) is 4.90 Å². The Labute approximate surface area is 184 Å². The third-order valence-electron chi connectivity index (χ3n) is 5.64. The molecule has 0 aliphatic carbocycles. The highest BCUT2D eigenvalue weighted by Crippen LogP contribution is 2.28. The number of anilines is 1. The van der Waals surface area contributed by atoms with E-state index < -0.39 is 4.92 Å². The Bertz CT molecular complexity index is 1130. The van der Waals surface area contributed by atoms with Gasteiger partial charge in [-0.3, -0.25) is 33.7 Å². The third kappa shape index (κ3) is 5.05. The van der Waals surface area contributed by atoms with Crippen molar-refractivity contribution in [3.8, 4) is 5.75 Å². The molecule has 0 saturated carbocycles. The number of ether oxygens (including phenoxy) is 1. The lowest BCUT2D eigenvalue weighted by Crippen LogP contribution is -2.49. The molecule has 1 fully saturated rings. The van der Waals surface area contributed by atoms with Crippen molar-refractivity contribution in [1.29, 1.82) is 0 Å². The molecular formula is C21H27N5O6. The fraction of sp³-hybridized carbons (Fsp3) is 0.476. The molecule has 1 saturated heterocycles. The van der Waals surface area contributed by atoms with Crippen molar-refractivity contribution in [2.75, 3.05) is 44.2 Å². The van der Waals surface area contributed by atoms with E-state index >= 15 is 0 Å². The Morgan fingerprint density at radius 2 is 1.78 bits per heavy atom. The second-order valence-corrected chi connectivity index (χ2v) is 7.77. The normalized spacial score (nSPS) is 14.4. The number of hydrogen-bond donors (Lipinski definition) is 0. The highest BCUT2D eigenvalue weighted by molar-refractivity contribution is 5.95. The lowest BCUT2D eigenvalue weighted by molar-refractivity contribution is -0.385.